The highest BCUT2D eigenvalue weighted by molar-refractivity contribution is 5.77. The molecule has 0 unspecified atom stereocenters. The molecule has 0 fully saturated rings. The molecule has 9 heavy (non-hydrogen) atoms. The highest BCUT2D eigenvalue weighted by Crippen LogP contribution is 2.03. The Morgan fingerprint density at radius 3 is 2.33 bits per heavy atom. The van der Waals surface area contributed by atoms with Gasteiger partial charge in [-0.1, -0.05) is 0 Å². The zero-order chi connectivity index (χ0) is 7.49. The minimum absolute atomic E-state index is 0.0856. The van der Waals surface area contributed by atoms with Gasteiger partial charge in [-0.15, -0.1) is 0 Å². The number of carbonyl (C=O) groups is 1. The number of carboxylic acids is 1. The molecule has 0 aliphatic heterocycles. The maximum atomic E-state index is 10.2. The molecule has 54 valence electrons. The van der Waals surface area contributed by atoms with Crippen molar-refractivity contribution in [3.8, 4) is 0 Å². The van der Waals surface area contributed by atoms with Gasteiger partial charge in [0.05, 0.1) is 0 Å². The van der Waals surface area contributed by atoms with E-state index in [0.717, 1.165) is 0 Å². The Morgan fingerprint density at radius 1 is 1.78 bits per heavy atom. The standard InChI is InChI=1S/C5H11NO3/c1-5(6,2-3-7)4(8)9/h7H,2-3,6H2,1H3,(H,8,9)/t5-/m0/s1. The van der Waals surface area contributed by atoms with Gasteiger partial charge in [-0.2, -0.15) is 0 Å². The molecule has 4 nitrogen and oxygen atoms in total. The molecular weight excluding hydrogens is 122 g/mol. The molecule has 0 radical (unpaired) electrons. The molecule has 0 rings (SSSR count). The summed E-state index contributed by atoms with van der Waals surface area (Å²) in [7, 11) is 0. The number of nitrogens with two attached hydrogens (primary N) is 1. The highest BCUT2D eigenvalue weighted by Gasteiger charge is 2.26. The first-order chi connectivity index (χ1) is 4.00. The van der Waals surface area contributed by atoms with Crippen molar-refractivity contribution >= 4 is 5.97 Å². The van der Waals surface area contributed by atoms with Crippen molar-refractivity contribution in [1.82, 2.24) is 0 Å². The molecule has 0 aromatic heterocycles. The first-order valence-electron chi connectivity index (χ1n) is 2.64. The molecule has 4 heteroatoms. The largest absolute Gasteiger partial charge is 0.480 e. The second kappa shape index (κ2) is 2.80. The van der Waals surface area contributed by atoms with Gasteiger partial charge < -0.3 is 15.9 Å². The lowest BCUT2D eigenvalue weighted by molar-refractivity contribution is -0.143. The van der Waals surface area contributed by atoms with Crippen molar-refractivity contribution in [3.63, 3.8) is 0 Å². The molecule has 0 aliphatic rings. The number of hydrogen-bond acceptors (Lipinski definition) is 3. The fourth-order valence-electron chi connectivity index (χ4n) is 0.339. The number of hydrogen-bond donors (Lipinski definition) is 3. The van der Waals surface area contributed by atoms with Crippen LogP contribution in [0.4, 0.5) is 0 Å². The number of aliphatic hydroxyl groups is 1. The van der Waals surface area contributed by atoms with Crippen LogP contribution >= 0.6 is 0 Å². The van der Waals surface area contributed by atoms with Gasteiger partial charge in [0, 0.05) is 6.61 Å². The van der Waals surface area contributed by atoms with Crippen LogP contribution in [0.1, 0.15) is 13.3 Å². The van der Waals surface area contributed by atoms with Crippen molar-refractivity contribution in [1.29, 1.82) is 0 Å². The molecule has 0 aromatic carbocycles. The normalized spacial score (nSPS) is 16.8. The Bertz CT molecular complexity index is 111. The maximum absolute atomic E-state index is 10.2. The van der Waals surface area contributed by atoms with Crippen LogP contribution in [0.25, 0.3) is 0 Å². The van der Waals surface area contributed by atoms with E-state index < -0.39 is 11.5 Å². The second-order valence-corrected chi connectivity index (χ2v) is 2.20. The van der Waals surface area contributed by atoms with Crippen LogP contribution in [-0.2, 0) is 4.79 Å². The van der Waals surface area contributed by atoms with Crippen LogP contribution in [0.15, 0.2) is 0 Å². The molecule has 4 N–H and O–H groups in total. The Balaban J connectivity index is 3.85. The van der Waals surface area contributed by atoms with Crippen molar-refractivity contribution in [2.45, 2.75) is 18.9 Å². The second-order valence-electron chi connectivity index (χ2n) is 2.20. The van der Waals surface area contributed by atoms with E-state index in [-0.39, 0.29) is 13.0 Å². The first kappa shape index (κ1) is 8.39. The van der Waals surface area contributed by atoms with E-state index in [1.807, 2.05) is 0 Å². The minimum Gasteiger partial charge on any atom is -0.480 e. The summed E-state index contributed by atoms with van der Waals surface area (Å²) < 4.78 is 0. The van der Waals surface area contributed by atoms with Crippen molar-refractivity contribution < 1.29 is 15.0 Å². The van der Waals surface area contributed by atoms with Crippen LogP contribution in [0, 0.1) is 0 Å². The van der Waals surface area contributed by atoms with E-state index in [1.54, 1.807) is 0 Å². The SMILES string of the molecule is C[C@](N)(CCO)C(=O)O. The maximum Gasteiger partial charge on any atom is 0.323 e. The van der Waals surface area contributed by atoms with E-state index in [9.17, 15) is 4.79 Å². The number of aliphatic carboxylic acids is 1. The van der Waals surface area contributed by atoms with Gasteiger partial charge in [0.2, 0.25) is 0 Å². The topological polar surface area (TPSA) is 83.5 Å². The monoisotopic (exact) mass is 133 g/mol. The van der Waals surface area contributed by atoms with Crippen molar-refractivity contribution in [2.24, 2.45) is 5.73 Å². The Kier molecular flexibility index (Phi) is 2.61. The van der Waals surface area contributed by atoms with Crippen molar-refractivity contribution in [2.75, 3.05) is 6.61 Å². The lowest BCUT2D eigenvalue weighted by Gasteiger charge is -2.16. The Morgan fingerprint density at radius 2 is 2.22 bits per heavy atom. The van der Waals surface area contributed by atoms with E-state index in [1.165, 1.54) is 6.92 Å². The van der Waals surface area contributed by atoms with Gasteiger partial charge in [-0.05, 0) is 13.3 Å². The first-order valence-corrected chi connectivity index (χ1v) is 2.64. The predicted octanol–water partition coefficient (Wildman–Crippen LogP) is -0.829. The zero-order valence-corrected chi connectivity index (χ0v) is 5.29. The highest BCUT2D eigenvalue weighted by atomic mass is 16.4. The number of rotatable bonds is 3. The van der Waals surface area contributed by atoms with E-state index in [2.05, 4.69) is 0 Å². The number of aliphatic hydroxyl groups excluding tert-OH is 1. The third kappa shape index (κ3) is 2.43. The van der Waals surface area contributed by atoms with Gasteiger partial charge in [0.15, 0.2) is 0 Å². The summed E-state index contributed by atoms with van der Waals surface area (Å²) in [6, 6.07) is 0. The summed E-state index contributed by atoms with van der Waals surface area (Å²) in [6.07, 6.45) is 0.0856. The van der Waals surface area contributed by atoms with Crippen LogP contribution in [0.3, 0.4) is 0 Å². The molecule has 0 saturated heterocycles. The van der Waals surface area contributed by atoms with E-state index in [0.29, 0.717) is 0 Å². The zero-order valence-electron chi connectivity index (χ0n) is 5.29. The van der Waals surface area contributed by atoms with Crippen LogP contribution in [-0.4, -0.2) is 28.3 Å². The summed E-state index contributed by atoms with van der Waals surface area (Å²) in [4.78, 5) is 10.2. The summed E-state index contributed by atoms with van der Waals surface area (Å²) in [6.45, 7) is 1.17. The molecule has 0 saturated carbocycles. The predicted molar refractivity (Wildman–Crippen MR) is 31.9 cm³/mol. The van der Waals surface area contributed by atoms with Gasteiger partial charge >= 0.3 is 5.97 Å². The summed E-state index contributed by atoms with van der Waals surface area (Å²) in [5.74, 6) is -1.09. The quantitative estimate of drug-likeness (QED) is 0.469. The summed E-state index contributed by atoms with van der Waals surface area (Å²) in [5, 5.41) is 16.6. The molecule has 0 aromatic rings. The molecule has 0 bridgehead atoms. The van der Waals surface area contributed by atoms with Crippen LogP contribution < -0.4 is 5.73 Å². The van der Waals surface area contributed by atoms with Crippen LogP contribution in [0.2, 0.25) is 0 Å². The fraction of sp³-hybridized carbons (Fsp3) is 0.800. The Labute approximate surface area is 53.3 Å². The average Bonchev–Trinajstić information content (AvgIpc) is 1.65. The summed E-state index contributed by atoms with van der Waals surface area (Å²) >= 11 is 0. The molecule has 0 aliphatic carbocycles. The molecule has 1 atom stereocenters. The average molecular weight is 133 g/mol. The third-order valence-corrected chi connectivity index (χ3v) is 1.12. The minimum atomic E-state index is -1.28. The number of carboxylic acid groups (broad SMARTS) is 1. The van der Waals surface area contributed by atoms with Gasteiger partial charge in [-0.25, -0.2) is 0 Å². The molecule has 0 spiro atoms. The van der Waals surface area contributed by atoms with Gasteiger partial charge in [-0.3, -0.25) is 4.79 Å². The van der Waals surface area contributed by atoms with E-state index in [4.69, 9.17) is 15.9 Å². The van der Waals surface area contributed by atoms with Gasteiger partial charge in [0.1, 0.15) is 5.54 Å². The van der Waals surface area contributed by atoms with Crippen LogP contribution in [0.5, 0.6) is 0 Å². The fourth-order valence-corrected chi connectivity index (χ4v) is 0.339. The smallest absolute Gasteiger partial charge is 0.323 e. The van der Waals surface area contributed by atoms with Gasteiger partial charge in [0.25, 0.3) is 0 Å². The van der Waals surface area contributed by atoms with Crippen molar-refractivity contribution in [3.05, 3.63) is 0 Å². The lowest BCUT2D eigenvalue weighted by Crippen LogP contribution is -2.45. The molecular formula is C5H11NO3. The third-order valence-electron chi connectivity index (χ3n) is 1.12. The molecule has 0 heterocycles. The molecule has 0 amide bonds. The van der Waals surface area contributed by atoms with E-state index >= 15 is 0 Å². The Hall–Kier alpha value is -0.610. The lowest BCUT2D eigenvalue weighted by atomic mass is 10.0. The summed E-state index contributed by atoms with van der Waals surface area (Å²) in [5.41, 5.74) is 3.93.